The molecule has 0 radical (unpaired) electrons. The van der Waals surface area contributed by atoms with E-state index in [1.807, 2.05) is 31.2 Å². The molecule has 0 saturated carbocycles. The van der Waals surface area contributed by atoms with E-state index in [0.29, 0.717) is 5.76 Å². The van der Waals surface area contributed by atoms with E-state index in [1.165, 1.54) is 0 Å². The molecule has 0 atom stereocenters. The first-order valence-electron chi connectivity index (χ1n) is 4.71. The Morgan fingerprint density at radius 1 is 1.21 bits per heavy atom. The fraction of sp³-hybridized carbons (Fsp3) is 0.333. The molecule has 1 aromatic carbocycles. The molecular formula is C12H14O2. The Morgan fingerprint density at radius 3 is 2.43 bits per heavy atom. The fourth-order valence-corrected chi connectivity index (χ4v) is 1.76. The fourth-order valence-electron chi connectivity index (χ4n) is 1.76. The summed E-state index contributed by atoms with van der Waals surface area (Å²) < 4.78 is 5.61. The van der Waals surface area contributed by atoms with Crippen LogP contribution in [0.1, 0.15) is 25.2 Å². The van der Waals surface area contributed by atoms with E-state index < -0.39 is 5.60 Å². The van der Waals surface area contributed by atoms with E-state index in [2.05, 4.69) is 0 Å². The van der Waals surface area contributed by atoms with Crippen molar-refractivity contribution in [3.63, 3.8) is 0 Å². The number of fused-ring (bicyclic) bond motifs is 1. The van der Waals surface area contributed by atoms with Crippen molar-refractivity contribution in [3.05, 3.63) is 35.6 Å². The molecule has 1 N–H and O–H groups in total. The smallest absolute Gasteiger partial charge is 0.139 e. The molecule has 0 unspecified atom stereocenters. The highest BCUT2D eigenvalue weighted by atomic mass is 16.4. The minimum atomic E-state index is -0.914. The van der Waals surface area contributed by atoms with Gasteiger partial charge in [-0.05, 0) is 26.8 Å². The second-order valence-corrected chi connectivity index (χ2v) is 4.11. The summed E-state index contributed by atoms with van der Waals surface area (Å²) in [4.78, 5) is 0. The zero-order chi connectivity index (χ0) is 10.3. The summed E-state index contributed by atoms with van der Waals surface area (Å²) in [6.07, 6.45) is 0. The zero-order valence-electron chi connectivity index (χ0n) is 8.66. The maximum Gasteiger partial charge on any atom is 0.139 e. The monoisotopic (exact) mass is 190 g/mol. The van der Waals surface area contributed by atoms with Crippen LogP contribution in [-0.4, -0.2) is 5.11 Å². The minimum absolute atomic E-state index is 0.652. The summed E-state index contributed by atoms with van der Waals surface area (Å²) in [5.74, 6) is 0.652. The number of hydrogen-bond donors (Lipinski definition) is 1. The molecule has 0 aliphatic carbocycles. The molecule has 1 heterocycles. The lowest BCUT2D eigenvalue weighted by atomic mass is 10.0. The number of rotatable bonds is 1. The molecule has 14 heavy (non-hydrogen) atoms. The highest BCUT2D eigenvalue weighted by Crippen LogP contribution is 2.31. The quantitative estimate of drug-likeness (QED) is 0.750. The van der Waals surface area contributed by atoms with Gasteiger partial charge in [-0.1, -0.05) is 18.2 Å². The molecule has 2 nitrogen and oxygen atoms in total. The highest BCUT2D eigenvalue weighted by Gasteiger charge is 2.24. The van der Waals surface area contributed by atoms with E-state index in [-0.39, 0.29) is 0 Å². The summed E-state index contributed by atoms with van der Waals surface area (Å²) in [6.45, 7) is 5.44. The van der Waals surface area contributed by atoms with Crippen LogP contribution in [0.15, 0.2) is 28.7 Å². The van der Waals surface area contributed by atoms with Crippen molar-refractivity contribution in [2.75, 3.05) is 0 Å². The van der Waals surface area contributed by atoms with E-state index in [4.69, 9.17) is 4.42 Å². The summed E-state index contributed by atoms with van der Waals surface area (Å²) in [5.41, 5.74) is 0.943. The Hall–Kier alpha value is -1.28. The van der Waals surface area contributed by atoms with Gasteiger partial charge < -0.3 is 9.52 Å². The first kappa shape index (κ1) is 9.28. The number of aryl methyl sites for hydroxylation is 1. The summed E-state index contributed by atoms with van der Waals surface area (Å²) >= 11 is 0. The average Bonchev–Trinajstić information content (AvgIpc) is 2.44. The topological polar surface area (TPSA) is 33.4 Å². The second-order valence-electron chi connectivity index (χ2n) is 4.11. The van der Waals surface area contributed by atoms with E-state index in [9.17, 15) is 5.11 Å². The standard InChI is InChI=1S/C12H14O2/c1-8-9-6-4-5-7-10(9)14-11(8)12(2,3)13/h4-7,13H,1-3H3. The van der Waals surface area contributed by atoms with Gasteiger partial charge in [0.2, 0.25) is 0 Å². The third-order valence-electron chi connectivity index (χ3n) is 2.40. The van der Waals surface area contributed by atoms with Gasteiger partial charge in [0.25, 0.3) is 0 Å². The molecule has 2 aromatic rings. The summed E-state index contributed by atoms with van der Waals surface area (Å²) in [5, 5.41) is 11.0. The summed E-state index contributed by atoms with van der Waals surface area (Å²) in [7, 11) is 0. The molecular weight excluding hydrogens is 176 g/mol. The van der Waals surface area contributed by atoms with Crippen LogP contribution in [-0.2, 0) is 5.60 Å². The Balaban J connectivity index is 2.75. The first-order valence-corrected chi connectivity index (χ1v) is 4.71. The molecule has 0 saturated heterocycles. The Labute approximate surface area is 83.2 Å². The molecule has 0 aliphatic rings. The number of hydrogen-bond acceptors (Lipinski definition) is 2. The molecule has 0 aliphatic heterocycles. The zero-order valence-corrected chi connectivity index (χ0v) is 8.66. The van der Waals surface area contributed by atoms with Gasteiger partial charge in [0.05, 0.1) is 0 Å². The van der Waals surface area contributed by atoms with Crippen LogP contribution in [0.5, 0.6) is 0 Å². The van der Waals surface area contributed by atoms with Crippen molar-refractivity contribution in [1.82, 2.24) is 0 Å². The lowest BCUT2D eigenvalue weighted by molar-refractivity contribution is 0.0550. The molecule has 0 amide bonds. The Kier molecular flexibility index (Phi) is 1.89. The van der Waals surface area contributed by atoms with Crippen LogP contribution >= 0.6 is 0 Å². The normalized spacial score (nSPS) is 12.3. The van der Waals surface area contributed by atoms with Gasteiger partial charge in [-0.15, -0.1) is 0 Å². The third-order valence-corrected chi connectivity index (χ3v) is 2.40. The maximum absolute atomic E-state index is 9.88. The first-order chi connectivity index (χ1) is 6.50. The molecule has 1 aromatic heterocycles. The SMILES string of the molecule is Cc1c(C(C)(C)O)oc2ccccc12. The molecule has 74 valence electrons. The molecule has 0 spiro atoms. The van der Waals surface area contributed by atoms with E-state index in [1.54, 1.807) is 13.8 Å². The van der Waals surface area contributed by atoms with Crippen LogP contribution in [0.2, 0.25) is 0 Å². The van der Waals surface area contributed by atoms with Gasteiger partial charge in [0, 0.05) is 10.9 Å². The van der Waals surface area contributed by atoms with Gasteiger partial charge in [-0.25, -0.2) is 0 Å². The van der Waals surface area contributed by atoms with E-state index in [0.717, 1.165) is 16.5 Å². The Morgan fingerprint density at radius 2 is 1.86 bits per heavy atom. The van der Waals surface area contributed by atoms with Crippen LogP contribution in [0.3, 0.4) is 0 Å². The molecule has 0 fully saturated rings. The molecule has 2 heteroatoms. The number of benzene rings is 1. The van der Waals surface area contributed by atoms with Gasteiger partial charge in [0.1, 0.15) is 16.9 Å². The number of furan rings is 1. The highest BCUT2D eigenvalue weighted by molar-refractivity contribution is 5.82. The maximum atomic E-state index is 9.88. The lowest BCUT2D eigenvalue weighted by Crippen LogP contribution is -2.15. The van der Waals surface area contributed by atoms with Gasteiger partial charge in [0.15, 0.2) is 0 Å². The third kappa shape index (κ3) is 1.32. The van der Waals surface area contributed by atoms with Gasteiger partial charge in [-0.2, -0.15) is 0 Å². The van der Waals surface area contributed by atoms with Crippen molar-refractivity contribution in [2.45, 2.75) is 26.4 Å². The number of aliphatic hydroxyl groups is 1. The second kappa shape index (κ2) is 2.85. The minimum Gasteiger partial charge on any atom is -0.458 e. The lowest BCUT2D eigenvalue weighted by Gasteiger charge is -2.14. The van der Waals surface area contributed by atoms with Crippen LogP contribution in [0.4, 0.5) is 0 Å². The van der Waals surface area contributed by atoms with Crippen LogP contribution < -0.4 is 0 Å². The van der Waals surface area contributed by atoms with Crippen molar-refractivity contribution < 1.29 is 9.52 Å². The molecule has 2 rings (SSSR count). The summed E-state index contributed by atoms with van der Waals surface area (Å²) in [6, 6.07) is 7.82. The van der Waals surface area contributed by atoms with Crippen LogP contribution in [0.25, 0.3) is 11.0 Å². The number of para-hydroxylation sites is 1. The van der Waals surface area contributed by atoms with E-state index >= 15 is 0 Å². The average molecular weight is 190 g/mol. The predicted octanol–water partition coefficient (Wildman–Crippen LogP) is 2.97. The van der Waals surface area contributed by atoms with Gasteiger partial charge in [-0.3, -0.25) is 0 Å². The van der Waals surface area contributed by atoms with Gasteiger partial charge >= 0.3 is 0 Å². The van der Waals surface area contributed by atoms with Crippen molar-refractivity contribution in [3.8, 4) is 0 Å². The van der Waals surface area contributed by atoms with Crippen molar-refractivity contribution >= 4 is 11.0 Å². The van der Waals surface area contributed by atoms with Crippen LogP contribution in [0, 0.1) is 6.92 Å². The van der Waals surface area contributed by atoms with Crippen molar-refractivity contribution in [1.29, 1.82) is 0 Å². The largest absolute Gasteiger partial charge is 0.458 e. The predicted molar refractivity (Wildman–Crippen MR) is 56.2 cm³/mol. The molecule has 0 bridgehead atoms. The van der Waals surface area contributed by atoms with Crippen molar-refractivity contribution in [2.24, 2.45) is 0 Å². The Bertz CT molecular complexity index is 461.